The van der Waals surface area contributed by atoms with Crippen molar-refractivity contribution in [2.45, 2.75) is 6.54 Å². The van der Waals surface area contributed by atoms with Crippen molar-refractivity contribution in [2.24, 2.45) is 0 Å². The molecule has 2 aromatic heterocycles. The minimum Gasteiger partial charge on any atom is -0.349 e. The van der Waals surface area contributed by atoms with Crippen LogP contribution >= 0.6 is 11.3 Å². The smallest absolute Gasteiger partial charge is 0.263 e. The Morgan fingerprint density at radius 3 is 2.90 bits per heavy atom. The Morgan fingerprint density at radius 1 is 1.29 bits per heavy atom. The average molecular weight is 298 g/mol. The van der Waals surface area contributed by atoms with Gasteiger partial charge in [-0.15, -0.1) is 11.3 Å². The molecule has 0 radical (unpaired) electrons. The summed E-state index contributed by atoms with van der Waals surface area (Å²) in [4.78, 5) is 20.9. The van der Waals surface area contributed by atoms with E-state index >= 15 is 0 Å². The summed E-state index contributed by atoms with van der Waals surface area (Å²) in [5.74, 6) is -0.0882. The largest absolute Gasteiger partial charge is 0.349 e. The van der Waals surface area contributed by atoms with Gasteiger partial charge in [0.2, 0.25) is 0 Å². The molecule has 1 aromatic carbocycles. The third-order valence-corrected chi connectivity index (χ3v) is 4.01. The predicted octanol–water partition coefficient (Wildman–Crippen LogP) is 2.44. The zero-order valence-electron chi connectivity index (χ0n) is 11.3. The standard InChI is InChI=1S/C15H14N4OS/c20-14(17-7-9-19-8-6-16-11-19)13-10-18-15(21-13)12-4-2-1-3-5-12/h1-6,8,10-11H,7,9H2,(H,17,20). The van der Waals surface area contributed by atoms with Crippen LogP contribution in [0.2, 0.25) is 0 Å². The van der Waals surface area contributed by atoms with Gasteiger partial charge in [0.15, 0.2) is 0 Å². The molecule has 0 aliphatic carbocycles. The fraction of sp³-hybridized carbons (Fsp3) is 0.133. The summed E-state index contributed by atoms with van der Waals surface area (Å²) in [6.45, 7) is 1.27. The van der Waals surface area contributed by atoms with Gasteiger partial charge >= 0.3 is 0 Å². The summed E-state index contributed by atoms with van der Waals surface area (Å²) in [7, 11) is 0. The van der Waals surface area contributed by atoms with E-state index in [4.69, 9.17) is 0 Å². The molecule has 0 unspecified atom stereocenters. The molecule has 1 amide bonds. The number of hydrogen-bond donors (Lipinski definition) is 1. The first-order chi connectivity index (χ1) is 10.3. The molecule has 0 atom stereocenters. The highest BCUT2D eigenvalue weighted by molar-refractivity contribution is 7.16. The van der Waals surface area contributed by atoms with E-state index in [1.165, 1.54) is 11.3 Å². The van der Waals surface area contributed by atoms with E-state index in [1.54, 1.807) is 18.7 Å². The van der Waals surface area contributed by atoms with E-state index in [1.807, 2.05) is 41.1 Å². The Hall–Kier alpha value is -2.47. The highest BCUT2D eigenvalue weighted by Crippen LogP contribution is 2.24. The van der Waals surface area contributed by atoms with Crippen molar-refractivity contribution in [2.75, 3.05) is 6.54 Å². The molecule has 106 valence electrons. The zero-order chi connectivity index (χ0) is 14.5. The molecule has 0 aliphatic heterocycles. The maximum atomic E-state index is 12.1. The molecular weight excluding hydrogens is 284 g/mol. The topological polar surface area (TPSA) is 59.8 Å². The minimum absolute atomic E-state index is 0.0882. The number of nitrogens with one attached hydrogen (secondary N) is 1. The second-order valence-electron chi connectivity index (χ2n) is 4.45. The van der Waals surface area contributed by atoms with Gasteiger partial charge in [-0.3, -0.25) is 4.79 Å². The molecule has 21 heavy (non-hydrogen) atoms. The Balaban J connectivity index is 1.59. The third-order valence-electron chi connectivity index (χ3n) is 2.96. The Bertz CT molecular complexity index is 706. The van der Waals surface area contributed by atoms with Crippen LogP contribution in [-0.4, -0.2) is 27.0 Å². The molecule has 2 heterocycles. The van der Waals surface area contributed by atoms with Crippen LogP contribution in [0.25, 0.3) is 10.6 Å². The van der Waals surface area contributed by atoms with E-state index < -0.39 is 0 Å². The summed E-state index contributed by atoms with van der Waals surface area (Å²) in [5, 5.41) is 3.74. The third kappa shape index (κ3) is 3.35. The van der Waals surface area contributed by atoms with Crippen molar-refractivity contribution in [1.29, 1.82) is 0 Å². The van der Waals surface area contributed by atoms with E-state index in [9.17, 15) is 4.79 Å². The number of rotatable bonds is 5. The summed E-state index contributed by atoms with van der Waals surface area (Å²) in [5.41, 5.74) is 1.03. The maximum absolute atomic E-state index is 12.1. The predicted molar refractivity (Wildman–Crippen MR) is 82.1 cm³/mol. The summed E-state index contributed by atoms with van der Waals surface area (Å²) in [6.07, 6.45) is 6.94. The Labute approximate surface area is 126 Å². The number of aromatic nitrogens is 3. The number of imidazole rings is 1. The summed E-state index contributed by atoms with van der Waals surface area (Å²) < 4.78 is 1.92. The number of thiazole rings is 1. The molecule has 3 rings (SSSR count). The number of benzene rings is 1. The van der Waals surface area contributed by atoms with Gasteiger partial charge in [0.25, 0.3) is 5.91 Å². The molecule has 0 spiro atoms. The highest BCUT2D eigenvalue weighted by Gasteiger charge is 2.10. The van der Waals surface area contributed by atoms with Crippen LogP contribution in [0.5, 0.6) is 0 Å². The van der Waals surface area contributed by atoms with Gasteiger partial charge in [-0.2, -0.15) is 0 Å². The molecular formula is C15H14N4OS. The first-order valence-electron chi connectivity index (χ1n) is 6.58. The Morgan fingerprint density at radius 2 is 2.14 bits per heavy atom. The molecule has 0 saturated carbocycles. The number of carbonyl (C=O) groups excluding carboxylic acids is 1. The first kappa shape index (κ1) is 13.5. The quantitative estimate of drug-likeness (QED) is 0.787. The van der Waals surface area contributed by atoms with Gasteiger partial charge in [-0.05, 0) is 0 Å². The second kappa shape index (κ2) is 6.32. The fourth-order valence-electron chi connectivity index (χ4n) is 1.90. The molecule has 6 heteroatoms. The number of amides is 1. The van der Waals surface area contributed by atoms with Crippen LogP contribution in [0.15, 0.2) is 55.2 Å². The average Bonchev–Trinajstić information content (AvgIpc) is 3.20. The van der Waals surface area contributed by atoms with Crippen LogP contribution in [0.1, 0.15) is 9.67 Å². The van der Waals surface area contributed by atoms with E-state index in [0.717, 1.165) is 10.6 Å². The van der Waals surface area contributed by atoms with Gasteiger partial charge in [0.1, 0.15) is 9.88 Å². The lowest BCUT2D eigenvalue weighted by atomic mass is 10.2. The van der Waals surface area contributed by atoms with Crippen LogP contribution in [0.4, 0.5) is 0 Å². The lowest BCUT2D eigenvalue weighted by Gasteiger charge is -2.03. The highest BCUT2D eigenvalue weighted by atomic mass is 32.1. The normalized spacial score (nSPS) is 10.5. The van der Waals surface area contributed by atoms with E-state index in [2.05, 4.69) is 15.3 Å². The minimum atomic E-state index is -0.0882. The lowest BCUT2D eigenvalue weighted by Crippen LogP contribution is -2.26. The fourth-order valence-corrected chi connectivity index (χ4v) is 2.74. The molecule has 1 N–H and O–H groups in total. The van der Waals surface area contributed by atoms with Gasteiger partial charge in [-0.1, -0.05) is 30.3 Å². The van der Waals surface area contributed by atoms with Crippen molar-refractivity contribution in [1.82, 2.24) is 19.9 Å². The monoisotopic (exact) mass is 298 g/mol. The van der Waals surface area contributed by atoms with E-state index in [-0.39, 0.29) is 5.91 Å². The molecule has 0 fully saturated rings. The summed E-state index contributed by atoms with van der Waals surface area (Å²) >= 11 is 1.40. The number of hydrogen-bond acceptors (Lipinski definition) is 4. The van der Waals surface area contributed by atoms with Crippen LogP contribution < -0.4 is 5.32 Å². The molecule has 0 aliphatic rings. The van der Waals surface area contributed by atoms with Crippen LogP contribution in [0, 0.1) is 0 Å². The van der Waals surface area contributed by atoms with Gasteiger partial charge < -0.3 is 9.88 Å². The van der Waals surface area contributed by atoms with Crippen molar-refractivity contribution in [3.63, 3.8) is 0 Å². The maximum Gasteiger partial charge on any atom is 0.263 e. The molecule has 5 nitrogen and oxygen atoms in total. The lowest BCUT2D eigenvalue weighted by molar-refractivity contribution is 0.0956. The SMILES string of the molecule is O=C(NCCn1ccnc1)c1cnc(-c2ccccc2)s1. The summed E-state index contributed by atoms with van der Waals surface area (Å²) in [6, 6.07) is 9.85. The van der Waals surface area contributed by atoms with Crippen molar-refractivity contribution in [3.05, 3.63) is 60.1 Å². The molecule has 3 aromatic rings. The van der Waals surface area contributed by atoms with Gasteiger partial charge in [0.05, 0.1) is 12.5 Å². The van der Waals surface area contributed by atoms with Gasteiger partial charge in [-0.25, -0.2) is 9.97 Å². The van der Waals surface area contributed by atoms with Crippen molar-refractivity contribution >= 4 is 17.2 Å². The molecule has 0 saturated heterocycles. The first-order valence-corrected chi connectivity index (χ1v) is 7.40. The molecule has 0 bridgehead atoms. The van der Waals surface area contributed by atoms with Crippen LogP contribution in [0.3, 0.4) is 0 Å². The zero-order valence-corrected chi connectivity index (χ0v) is 12.1. The van der Waals surface area contributed by atoms with Crippen LogP contribution in [-0.2, 0) is 6.54 Å². The van der Waals surface area contributed by atoms with E-state index in [0.29, 0.717) is 18.0 Å². The Kier molecular flexibility index (Phi) is 4.07. The number of carbonyl (C=O) groups is 1. The second-order valence-corrected chi connectivity index (χ2v) is 5.48. The number of nitrogens with zero attached hydrogens (tertiary/aromatic N) is 3. The van der Waals surface area contributed by atoms with Crippen molar-refractivity contribution in [3.8, 4) is 10.6 Å². The van der Waals surface area contributed by atoms with Crippen molar-refractivity contribution < 1.29 is 4.79 Å². The van der Waals surface area contributed by atoms with Gasteiger partial charge in [0, 0.05) is 31.0 Å².